The SMILES string of the molecule is CCCCc1cc([I+]c2ccc(OC)cc2)c(-c2c(F)cccc2F)c(-c2c(F)cccc2F)c1-c1c(F)cccc1F.CCCCc1cc([I+]c2ccc(OC)cc2)c(-c2c(F)cccc2F)c(-c2c(F)cccc2F)c1-c1c(F)cccc1F.CCCCc1cc([I+]c2ccc(OC)cc2)c(-c2c(F)cccc2F)c(-c2c(F)cccc2F)c1-c1c(F)cccc1F.[O-]B([O-])[O-]. The third-order valence-electron chi connectivity index (χ3n) is 21.2. The smallest absolute Gasteiger partial charge is 0.358 e. The van der Waals surface area contributed by atoms with Gasteiger partial charge in [0.2, 0.25) is 10.7 Å². The maximum atomic E-state index is 15.7. The van der Waals surface area contributed by atoms with Crippen molar-refractivity contribution in [1.29, 1.82) is 0 Å². The van der Waals surface area contributed by atoms with Crippen molar-refractivity contribution in [2.45, 2.75) is 78.6 Å². The molecule has 15 aromatic rings. The lowest BCUT2D eigenvalue weighted by atomic mass is 9.82. The van der Waals surface area contributed by atoms with Gasteiger partial charge >= 0.3 is 63.6 Å². The van der Waals surface area contributed by atoms with Gasteiger partial charge in [0.1, 0.15) is 122 Å². The first-order valence-electron chi connectivity index (χ1n) is 41.4. The lowest BCUT2D eigenvalue weighted by Crippen LogP contribution is -3.61. The summed E-state index contributed by atoms with van der Waals surface area (Å²) in [5.41, 5.74) is -5.38. The lowest BCUT2D eigenvalue weighted by Gasteiger charge is -2.35. The van der Waals surface area contributed by atoms with E-state index < -0.39 is 226 Å². The molecular weight excluding hydrogens is 2090 g/mol. The van der Waals surface area contributed by atoms with Gasteiger partial charge in [0, 0.05) is 16.7 Å². The van der Waals surface area contributed by atoms with Crippen LogP contribution in [0.5, 0.6) is 17.2 Å². The van der Waals surface area contributed by atoms with Gasteiger partial charge in [-0.15, -0.1) is 0 Å². The van der Waals surface area contributed by atoms with E-state index in [4.69, 9.17) is 29.3 Å². The Labute approximate surface area is 788 Å². The normalized spacial score (nSPS) is 11.0. The molecule has 0 radical (unpaired) electrons. The molecular formula is C105H78BF18I3O6. The van der Waals surface area contributed by atoms with E-state index in [1.165, 1.54) is 57.7 Å². The van der Waals surface area contributed by atoms with Gasteiger partial charge in [-0.3, -0.25) is 7.32 Å². The minimum Gasteiger partial charge on any atom is -0.907 e. The number of aryl methyl sites for hydroxylation is 3. The maximum Gasteiger partial charge on any atom is 0.358 e. The van der Waals surface area contributed by atoms with Crippen LogP contribution in [0.2, 0.25) is 0 Å². The minimum atomic E-state index is -2.92. The molecule has 15 rings (SSSR count). The quantitative estimate of drug-likeness (QED) is 0.0289. The van der Waals surface area contributed by atoms with Crippen LogP contribution >= 0.6 is 0 Å². The Kier molecular flexibility index (Phi) is 35.1. The topological polar surface area (TPSA) is 96.9 Å². The summed E-state index contributed by atoms with van der Waals surface area (Å²) in [6.07, 6.45) is 4.85. The highest BCUT2D eigenvalue weighted by Gasteiger charge is 2.41. The number of rotatable bonds is 27. The minimum absolute atomic E-state index is 0.131. The summed E-state index contributed by atoms with van der Waals surface area (Å²) in [4.78, 5) is 0. The predicted octanol–water partition coefficient (Wildman–Crippen LogP) is 17.1. The van der Waals surface area contributed by atoms with Crippen molar-refractivity contribution in [1.82, 2.24) is 0 Å². The molecule has 0 N–H and O–H groups in total. The van der Waals surface area contributed by atoms with Crippen molar-refractivity contribution < 1.29 is 172 Å². The first-order chi connectivity index (χ1) is 64.0. The van der Waals surface area contributed by atoms with Crippen molar-refractivity contribution in [2.75, 3.05) is 21.3 Å². The summed E-state index contributed by atoms with van der Waals surface area (Å²) < 4.78 is 301. The van der Waals surface area contributed by atoms with Crippen LogP contribution in [0.4, 0.5) is 79.0 Å². The average Bonchev–Trinajstić information content (AvgIpc) is 0.737. The van der Waals surface area contributed by atoms with Crippen molar-refractivity contribution >= 4 is 7.32 Å². The number of ether oxygens (including phenoxy) is 3. The van der Waals surface area contributed by atoms with E-state index in [9.17, 15) is 0 Å². The third kappa shape index (κ3) is 23.2. The van der Waals surface area contributed by atoms with Crippen LogP contribution in [-0.4, -0.2) is 28.7 Å². The first kappa shape index (κ1) is 101. The monoisotopic (exact) mass is 2170 g/mol. The van der Waals surface area contributed by atoms with Crippen LogP contribution in [0.15, 0.2) is 255 Å². The molecule has 28 heteroatoms. The number of benzene rings is 15. The summed E-state index contributed by atoms with van der Waals surface area (Å²) in [6.45, 7) is 5.82. The van der Waals surface area contributed by atoms with Gasteiger partial charge in [-0.25, -0.2) is 79.0 Å². The van der Waals surface area contributed by atoms with Gasteiger partial charge < -0.3 is 29.3 Å². The first-order valence-corrected chi connectivity index (χ1v) is 47.9. The maximum absolute atomic E-state index is 15.7. The third-order valence-corrected chi connectivity index (χ3v) is 29.5. The molecule has 6 nitrogen and oxygen atoms in total. The van der Waals surface area contributed by atoms with Gasteiger partial charge in [-0.05, 0) is 272 Å². The lowest BCUT2D eigenvalue weighted by molar-refractivity contribution is -0.596. The highest BCUT2D eigenvalue weighted by atomic mass is 127. The van der Waals surface area contributed by atoms with Crippen LogP contribution in [0.1, 0.15) is 76.0 Å². The molecule has 0 unspecified atom stereocenters. The fraction of sp³-hybridized carbons (Fsp3) is 0.143. The molecule has 0 aliphatic carbocycles. The molecule has 0 spiro atoms. The van der Waals surface area contributed by atoms with Crippen molar-refractivity contribution in [2.24, 2.45) is 0 Å². The van der Waals surface area contributed by atoms with Crippen LogP contribution in [-0.2, 0) is 19.3 Å². The number of hydrogen-bond donors (Lipinski definition) is 0. The molecule has 0 aliphatic rings. The van der Waals surface area contributed by atoms with E-state index in [1.54, 1.807) is 54.6 Å². The number of hydrogen-bond acceptors (Lipinski definition) is 6. The second kappa shape index (κ2) is 46.5. The Morgan fingerprint density at radius 1 is 0.211 bits per heavy atom. The highest BCUT2D eigenvalue weighted by molar-refractivity contribution is 6.24. The van der Waals surface area contributed by atoms with Gasteiger partial charge in [0.15, 0.2) is 10.7 Å². The molecule has 0 bridgehead atoms. The van der Waals surface area contributed by atoms with Gasteiger partial charge in [-0.1, -0.05) is 94.6 Å². The van der Waals surface area contributed by atoms with Gasteiger partial charge in [-0.2, -0.15) is 0 Å². The number of methoxy groups -OCH3 is 3. The van der Waals surface area contributed by atoms with Crippen molar-refractivity contribution in [3.05, 3.63) is 398 Å². The standard InChI is InChI=1S/3C35H26F6IO.BO3/c3*1-3-4-8-20-19-29(42-21-15-17-22(43-2)18-16-21)34(32-25(38)11-6-12-26(32)39)35(33-27(40)13-7-14-28(33)41)30(20)31-23(36)9-5-10-24(31)37;2-1(3)4/h3*5-7,9-19H,3-4,8H2,1-2H3;/q3*+1;-3. The van der Waals surface area contributed by atoms with Crippen LogP contribution in [0, 0.1) is 126 Å². The second-order valence-corrected chi connectivity index (χ2v) is 38.5. The van der Waals surface area contributed by atoms with E-state index in [1.807, 2.05) is 57.2 Å². The molecule has 0 amide bonds. The van der Waals surface area contributed by atoms with E-state index in [0.29, 0.717) is 83.2 Å². The highest BCUT2D eigenvalue weighted by Crippen LogP contribution is 2.52. The zero-order chi connectivity index (χ0) is 95.6. The fourth-order valence-corrected chi connectivity index (χ4v) is 23.4. The molecule has 0 saturated carbocycles. The summed E-state index contributed by atoms with van der Waals surface area (Å²) in [6, 6.07) is 55.6. The summed E-state index contributed by atoms with van der Waals surface area (Å²) in [5.74, 6) is -16.0. The Hall–Kier alpha value is -11.4. The van der Waals surface area contributed by atoms with E-state index in [0.717, 1.165) is 157 Å². The summed E-state index contributed by atoms with van der Waals surface area (Å²) >= 11 is -3.73. The number of halogens is 21. The van der Waals surface area contributed by atoms with E-state index >= 15 is 79.0 Å². The molecule has 0 saturated heterocycles. The van der Waals surface area contributed by atoms with Crippen LogP contribution in [0.3, 0.4) is 0 Å². The zero-order valence-corrected chi connectivity index (χ0v) is 78.0. The van der Waals surface area contributed by atoms with Crippen LogP contribution < -0.4 is 92.9 Å². The Morgan fingerprint density at radius 2 is 0.353 bits per heavy atom. The molecule has 0 fully saturated rings. The van der Waals surface area contributed by atoms with Crippen molar-refractivity contribution in [3.8, 4) is 117 Å². The molecule has 133 heavy (non-hydrogen) atoms. The number of unbranched alkanes of at least 4 members (excludes halogenated alkanes) is 3. The largest absolute Gasteiger partial charge is 0.907 e. The van der Waals surface area contributed by atoms with Gasteiger partial charge in [0.05, 0.1) is 88.1 Å². The molecule has 684 valence electrons. The Balaban J connectivity index is 0.000000176. The zero-order valence-electron chi connectivity index (χ0n) is 71.6. The molecule has 0 aliphatic heterocycles. The van der Waals surface area contributed by atoms with Gasteiger partial charge in [0.25, 0.3) is 0 Å². The Bertz CT molecular complexity index is 5880. The fourth-order valence-electron chi connectivity index (χ4n) is 15.2. The second-order valence-electron chi connectivity index (χ2n) is 29.7. The molecule has 0 heterocycles. The summed E-state index contributed by atoms with van der Waals surface area (Å²) in [7, 11) is 1.66. The van der Waals surface area contributed by atoms with Crippen molar-refractivity contribution in [3.63, 3.8) is 0 Å². The van der Waals surface area contributed by atoms with E-state index in [-0.39, 0.29) is 50.1 Å². The molecule has 15 aromatic carbocycles. The average molecular weight is 2170 g/mol. The predicted molar refractivity (Wildman–Crippen MR) is 460 cm³/mol. The molecule has 0 atom stereocenters. The summed E-state index contributed by atoms with van der Waals surface area (Å²) in [5, 5.41) is 25.2. The molecule has 0 aromatic heterocycles. The van der Waals surface area contributed by atoms with Crippen LogP contribution in [0.25, 0.3) is 100 Å². The van der Waals surface area contributed by atoms with E-state index in [2.05, 4.69) is 0 Å². The Morgan fingerprint density at radius 3 is 0.496 bits per heavy atom.